The summed E-state index contributed by atoms with van der Waals surface area (Å²) in [6.45, 7) is 0.181. The molecule has 0 bridgehead atoms. The Hall–Kier alpha value is -2.60. The van der Waals surface area contributed by atoms with E-state index in [1.165, 1.54) is 24.1 Å². The van der Waals surface area contributed by atoms with Crippen molar-refractivity contribution < 1.29 is 23.5 Å². The molecule has 1 fully saturated rings. The molecular formula is C20H19ClFNO4. The minimum atomic E-state index is -0.758. The molecule has 3 rings (SSSR count). The molecule has 0 N–H and O–H groups in total. The highest BCUT2D eigenvalue weighted by Gasteiger charge is 2.41. The zero-order valence-corrected chi connectivity index (χ0v) is 15.5. The second kappa shape index (κ2) is 8.39. The van der Waals surface area contributed by atoms with Crippen LogP contribution >= 0.6 is 11.6 Å². The van der Waals surface area contributed by atoms with E-state index in [2.05, 4.69) is 0 Å². The summed E-state index contributed by atoms with van der Waals surface area (Å²) in [5, 5.41) is 0.582. The Labute approximate surface area is 161 Å². The van der Waals surface area contributed by atoms with Crippen LogP contribution in [0.25, 0.3) is 0 Å². The van der Waals surface area contributed by atoms with Crippen LogP contribution in [0.15, 0.2) is 48.5 Å². The molecule has 2 unspecified atom stereocenters. The van der Waals surface area contributed by atoms with Gasteiger partial charge in [-0.2, -0.15) is 0 Å². The number of rotatable bonds is 5. The number of para-hydroxylation sites is 1. The van der Waals surface area contributed by atoms with Crippen molar-refractivity contribution in [3.05, 3.63) is 64.9 Å². The molecular weight excluding hydrogens is 373 g/mol. The van der Waals surface area contributed by atoms with Gasteiger partial charge in [0.1, 0.15) is 12.1 Å². The maximum atomic E-state index is 13.8. The number of hydrogen-bond acceptors (Lipinski definition) is 4. The van der Waals surface area contributed by atoms with Gasteiger partial charge in [0.2, 0.25) is 5.91 Å². The molecule has 0 saturated carbocycles. The number of amides is 1. The number of halogens is 2. The molecule has 1 saturated heterocycles. The first-order valence-electron chi connectivity index (χ1n) is 8.51. The van der Waals surface area contributed by atoms with Crippen molar-refractivity contribution in [2.24, 2.45) is 0 Å². The third-order valence-corrected chi connectivity index (χ3v) is 4.71. The minimum absolute atomic E-state index is 0.0955. The molecule has 5 nitrogen and oxygen atoms in total. The molecule has 0 aliphatic carbocycles. The first-order chi connectivity index (χ1) is 13.0. The second-order valence-electron chi connectivity index (χ2n) is 6.29. The van der Waals surface area contributed by atoms with Gasteiger partial charge in [-0.05, 0) is 29.8 Å². The van der Waals surface area contributed by atoms with Crippen LogP contribution in [-0.2, 0) is 20.7 Å². The van der Waals surface area contributed by atoms with Gasteiger partial charge in [0.15, 0.2) is 11.6 Å². The fourth-order valence-corrected chi connectivity index (χ4v) is 3.24. The van der Waals surface area contributed by atoms with E-state index < -0.39 is 23.9 Å². The third-order valence-electron chi connectivity index (χ3n) is 4.46. The van der Waals surface area contributed by atoms with E-state index in [-0.39, 0.29) is 31.0 Å². The summed E-state index contributed by atoms with van der Waals surface area (Å²) in [5.74, 6) is -1.14. The smallest absolute Gasteiger partial charge is 0.328 e. The molecule has 2 aromatic carbocycles. The zero-order chi connectivity index (χ0) is 19.4. The van der Waals surface area contributed by atoms with E-state index in [1.54, 1.807) is 36.4 Å². The maximum Gasteiger partial charge on any atom is 0.328 e. The number of ether oxygens (including phenoxy) is 2. The second-order valence-corrected chi connectivity index (χ2v) is 6.73. The predicted molar refractivity (Wildman–Crippen MR) is 98.1 cm³/mol. The highest BCUT2D eigenvalue weighted by molar-refractivity contribution is 6.30. The van der Waals surface area contributed by atoms with Gasteiger partial charge in [0.25, 0.3) is 0 Å². The van der Waals surface area contributed by atoms with Crippen molar-refractivity contribution in [3.63, 3.8) is 0 Å². The van der Waals surface area contributed by atoms with Crippen LogP contribution in [0.4, 0.5) is 4.39 Å². The summed E-state index contributed by atoms with van der Waals surface area (Å²) in [4.78, 5) is 26.3. The van der Waals surface area contributed by atoms with Crippen LogP contribution in [0.3, 0.4) is 0 Å². The van der Waals surface area contributed by atoms with E-state index in [4.69, 9.17) is 21.1 Å². The van der Waals surface area contributed by atoms with Gasteiger partial charge in [-0.25, -0.2) is 9.18 Å². The number of esters is 1. The number of hydrogen-bond donors (Lipinski definition) is 0. The summed E-state index contributed by atoms with van der Waals surface area (Å²) in [6.07, 6.45) is -0.134. The number of methoxy groups -OCH3 is 1. The van der Waals surface area contributed by atoms with Crippen LogP contribution in [0.2, 0.25) is 5.02 Å². The van der Waals surface area contributed by atoms with Crippen molar-refractivity contribution >= 4 is 23.5 Å². The van der Waals surface area contributed by atoms with Gasteiger partial charge in [-0.1, -0.05) is 35.9 Å². The standard InChI is InChI=1S/C20H19ClFNO4/c1-26-20(25)17-11-15(27-18-5-3-2-4-16(18)22)12-23(17)19(24)10-13-6-8-14(21)9-7-13/h2-9,15,17H,10-12H2,1H3. The lowest BCUT2D eigenvalue weighted by Gasteiger charge is -2.22. The molecule has 0 radical (unpaired) electrons. The number of likely N-dealkylation sites (tertiary alicyclic amines) is 1. The Morgan fingerprint density at radius 3 is 2.56 bits per heavy atom. The van der Waals surface area contributed by atoms with E-state index in [0.717, 1.165) is 5.56 Å². The highest BCUT2D eigenvalue weighted by atomic mass is 35.5. The van der Waals surface area contributed by atoms with Crippen molar-refractivity contribution in [2.75, 3.05) is 13.7 Å². The first kappa shape index (κ1) is 19.2. The lowest BCUT2D eigenvalue weighted by molar-refractivity contribution is -0.150. The molecule has 2 aromatic rings. The van der Waals surface area contributed by atoms with Crippen LogP contribution in [-0.4, -0.2) is 42.6 Å². The molecule has 1 amide bonds. The third kappa shape index (κ3) is 4.57. The van der Waals surface area contributed by atoms with Gasteiger partial charge in [0.05, 0.1) is 20.1 Å². The fourth-order valence-electron chi connectivity index (χ4n) is 3.12. The van der Waals surface area contributed by atoms with Gasteiger partial charge in [0, 0.05) is 11.4 Å². The molecule has 1 heterocycles. The van der Waals surface area contributed by atoms with Crippen molar-refractivity contribution in [2.45, 2.75) is 25.0 Å². The monoisotopic (exact) mass is 391 g/mol. The molecule has 7 heteroatoms. The van der Waals surface area contributed by atoms with Crippen molar-refractivity contribution in [1.29, 1.82) is 0 Å². The van der Waals surface area contributed by atoms with Crippen LogP contribution in [0.5, 0.6) is 5.75 Å². The summed E-state index contributed by atoms with van der Waals surface area (Å²) in [5.41, 5.74) is 0.784. The zero-order valence-electron chi connectivity index (χ0n) is 14.7. The minimum Gasteiger partial charge on any atom is -0.485 e. The van der Waals surface area contributed by atoms with Gasteiger partial charge < -0.3 is 14.4 Å². The summed E-state index contributed by atoms with van der Waals surface area (Å²) in [6, 6.07) is 12.2. The summed E-state index contributed by atoms with van der Waals surface area (Å²) >= 11 is 5.86. The van der Waals surface area contributed by atoms with Crippen molar-refractivity contribution in [3.8, 4) is 5.75 Å². The quantitative estimate of drug-likeness (QED) is 0.734. The van der Waals surface area contributed by atoms with Crippen molar-refractivity contribution in [1.82, 2.24) is 4.90 Å². The normalized spacial score (nSPS) is 19.0. The van der Waals surface area contributed by atoms with E-state index >= 15 is 0 Å². The molecule has 142 valence electrons. The molecule has 27 heavy (non-hydrogen) atoms. The van der Waals surface area contributed by atoms with Crippen LogP contribution in [0, 0.1) is 5.82 Å². The molecule has 0 spiro atoms. The fraction of sp³-hybridized carbons (Fsp3) is 0.300. The largest absolute Gasteiger partial charge is 0.485 e. The lowest BCUT2D eigenvalue weighted by Crippen LogP contribution is -2.42. The van der Waals surface area contributed by atoms with E-state index in [9.17, 15) is 14.0 Å². The summed E-state index contributed by atoms with van der Waals surface area (Å²) < 4.78 is 24.3. The molecule has 1 aliphatic rings. The van der Waals surface area contributed by atoms with Gasteiger partial charge in [-0.15, -0.1) is 0 Å². The Kier molecular flexibility index (Phi) is 5.96. The van der Waals surface area contributed by atoms with Crippen LogP contribution < -0.4 is 4.74 Å². The number of carbonyl (C=O) groups is 2. The number of benzene rings is 2. The molecule has 0 aromatic heterocycles. The molecule has 1 aliphatic heterocycles. The Balaban J connectivity index is 1.73. The topological polar surface area (TPSA) is 55.8 Å². The Bertz CT molecular complexity index is 827. The lowest BCUT2D eigenvalue weighted by atomic mass is 10.1. The van der Waals surface area contributed by atoms with Gasteiger partial charge in [-0.3, -0.25) is 4.79 Å². The number of nitrogens with zero attached hydrogens (tertiary/aromatic N) is 1. The number of carbonyl (C=O) groups excluding carboxylic acids is 2. The maximum absolute atomic E-state index is 13.8. The Morgan fingerprint density at radius 1 is 1.19 bits per heavy atom. The Morgan fingerprint density at radius 2 is 1.89 bits per heavy atom. The molecule has 2 atom stereocenters. The average Bonchev–Trinajstić information content (AvgIpc) is 3.09. The summed E-state index contributed by atoms with van der Waals surface area (Å²) in [7, 11) is 1.27. The highest BCUT2D eigenvalue weighted by Crippen LogP contribution is 2.26. The predicted octanol–water partition coefficient (Wildman–Crippen LogP) is 3.24. The van der Waals surface area contributed by atoms with E-state index in [1.807, 2.05) is 0 Å². The van der Waals surface area contributed by atoms with Crippen LogP contribution in [0.1, 0.15) is 12.0 Å². The SMILES string of the molecule is COC(=O)C1CC(Oc2ccccc2F)CN1C(=O)Cc1ccc(Cl)cc1. The van der Waals surface area contributed by atoms with Gasteiger partial charge >= 0.3 is 5.97 Å². The average molecular weight is 392 g/mol. The van der Waals surface area contributed by atoms with E-state index in [0.29, 0.717) is 5.02 Å². The first-order valence-corrected chi connectivity index (χ1v) is 8.88.